The zero-order valence-corrected chi connectivity index (χ0v) is 16.8. The summed E-state index contributed by atoms with van der Waals surface area (Å²) < 4.78 is 33.6. The van der Waals surface area contributed by atoms with Crippen LogP contribution in [0.1, 0.15) is 30.1 Å². The number of rotatable bonds is 4. The van der Waals surface area contributed by atoms with Crippen LogP contribution in [0.15, 0.2) is 65.7 Å². The first-order chi connectivity index (χ1) is 14.1. The summed E-state index contributed by atoms with van der Waals surface area (Å²) in [5.41, 5.74) is 2.86. The van der Waals surface area contributed by atoms with Gasteiger partial charge in [-0.05, 0) is 37.1 Å². The Bertz CT molecular complexity index is 1150. The van der Waals surface area contributed by atoms with Gasteiger partial charge in [-0.2, -0.15) is 4.31 Å². The lowest BCUT2D eigenvalue weighted by atomic mass is 10.0. The highest BCUT2D eigenvalue weighted by molar-refractivity contribution is 7.89. The highest BCUT2D eigenvalue weighted by Gasteiger charge is 2.47. The van der Waals surface area contributed by atoms with Gasteiger partial charge in [0.15, 0.2) is 5.82 Å². The number of aromatic nitrogens is 2. The van der Waals surface area contributed by atoms with Crippen LogP contribution in [0.5, 0.6) is 5.75 Å². The molecule has 29 heavy (non-hydrogen) atoms. The van der Waals surface area contributed by atoms with E-state index in [1.165, 1.54) is 0 Å². The van der Waals surface area contributed by atoms with Gasteiger partial charge in [0, 0.05) is 29.8 Å². The normalized spacial score (nSPS) is 21.0. The van der Waals surface area contributed by atoms with Gasteiger partial charge in [-0.1, -0.05) is 30.3 Å². The minimum absolute atomic E-state index is 0.0712. The molecule has 7 heteroatoms. The molecule has 0 saturated carbocycles. The number of nitrogens with zero attached hydrogens (tertiary/aromatic N) is 3. The topological polar surface area (TPSA) is 72.4 Å². The van der Waals surface area contributed by atoms with Crippen LogP contribution in [0, 0.1) is 0 Å². The molecule has 3 aromatic rings. The third kappa shape index (κ3) is 3.01. The molecule has 0 spiro atoms. The van der Waals surface area contributed by atoms with E-state index in [4.69, 9.17) is 9.72 Å². The lowest BCUT2D eigenvalue weighted by Gasteiger charge is -2.34. The maximum Gasteiger partial charge on any atom is 0.243 e. The van der Waals surface area contributed by atoms with E-state index < -0.39 is 10.0 Å². The van der Waals surface area contributed by atoms with Crippen molar-refractivity contribution in [3.8, 4) is 17.1 Å². The van der Waals surface area contributed by atoms with E-state index in [0.29, 0.717) is 22.9 Å². The fourth-order valence-electron chi connectivity index (χ4n) is 4.39. The van der Waals surface area contributed by atoms with Crippen molar-refractivity contribution in [3.63, 3.8) is 0 Å². The maximum absolute atomic E-state index is 13.4. The van der Waals surface area contributed by atoms with Crippen LogP contribution in [0.25, 0.3) is 11.4 Å². The van der Waals surface area contributed by atoms with Crippen molar-refractivity contribution in [2.75, 3.05) is 7.11 Å². The third-order valence-electron chi connectivity index (χ3n) is 5.80. The van der Waals surface area contributed by atoms with Crippen LogP contribution in [0.4, 0.5) is 0 Å². The van der Waals surface area contributed by atoms with E-state index in [9.17, 15) is 8.42 Å². The average molecular weight is 407 g/mol. The highest BCUT2D eigenvalue weighted by Crippen LogP contribution is 2.46. The van der Waals surface area contributed by atoms with E-state index in [-0.39, 0.29) is 12.1 Å². The molecule has 0 aliphatic carbocycles. The molecule has 6 nitrogen and oxygen atoms in total. The Hall–Kier alpha value is -2.77. The number of hydrogen-bond donors (Lipinski definition) is 0. The second-order valence-electron chi connectivity index (χ2n) is 7.42. The number of ether oxygens (including phenoxy) is 1. The summed E-state index contributed by atoms with van der Waals surface area (Å²) >= 11 is 0. The van der Waals surface area contributed by atoms with Gasteiger partial charge in [0.2, 0.25) is 10.0 Å². The van der Waals surface area contributed by atoms with Crippen LogP contribution in [-0.4, -0.2) is 35.8 Å². The molecule has 148 valence electrons. The van der Waals surface area contributed by atoms with Gasteiger partial charge in [0.25, 0.3) is 0 Å². The molecule has 0 amide bonds. The van der Waals surface area contributed by atoms with E-state index in [1.54, 1.807) is 35.7 Å². The molecule has 1 saturated heterocycles. The lowest BCUT2D eigenvalue weighted by molar-refractivity contribution is 0.300. The van der Waals surface area contributed by atoms with Gasteiger partial charge < -0.3 is 4.74 Å². The number of methoxy groups -OCH3 is 1. The van der Waals surface area contributed by atoms with Crippen LogP contribution >= 0.6 is 0 Å². The molecule has 5 rings (SSSR count). The summed E-state index contributed by atoms with van der Waals surface area (Å²) in [6.07, 6.45) is 4.05. The summed E-state index contributed by atoms with van der Waals surface area (Å²) in [6.45, 7) is 0. The zero-order valence-electron chi connectivity index (χ0n) is 16.0. The van der Waals surface area contributed by atoms with Crippen molar-refractivity contribution in [1.29, 1.82) is 0 Å². The number of sulfonamides is 1. The second-order valence-corrected chi connectivity index (χ2v) is 9.27. The van der Waals surface area contributed by atoms with Crippen LogP contribution < -0.4 is 4.74 Å². The molecular weight excluding hydrogens is 386 g/mol. The molecule has 2 unspecified atom stereocenters. The quantitative estimate of drug-likeness (QED) is 0.661. The Balaban J connectivity index is 1.51. The molecule has 1 fully saturated rings. The second kappa shape index (κ2) is 6.93. The minimum atomic E-state index is -3.61. The van der Waals surface area contributed by atoms with Crippen molar-refractivity contribution >= 4 is 10.0 Å². The molecule has 2 aliphatic rings. The standard InChI is InChI=1S/C22H21N3O3S/c1-28-17-8-10-18(11-9-17)29(26,27)25-16-7-12-21(25)19-14-23-22(24-20(19)13-16)15-5-3-2-4-6-15/h2-6,8-11,14,16,21H,7,12-13H2,1H3. The van der Waals surface area contributed by atoms with Crippen LogP contribution in [0.2, 0.25) is 0 Å². The van der Waals surface area contributed by atoms with Crippen LogP contribution in [-0.2, 0) is 16.4 Å². The van der Waals surface area contributed by atoms with Crippen molar-refractivity contribution in [3.05, 3.63) is 72.1 Å². The fraction of sp³-hybridized carbons (Fsp3) is 0.273. The Kier molecular flexibility index (Phi) is 4.37. The Labute approximate surface area is 170 Å². The largest absolute Gasteiger partial charge is 0.497 e. The van der Waals surface area contributed by atoms with Crippen molar-refractivity contribution in [2.24, 2.45) is 0 Å². The minimum Gasteiger partial charge on any atom is -0.497 e. The Morgan fingerprint density at radius 1 is 1.03 bits per heavy atom. The molecular formula is C22H21N3O3S. The van der Waals surface area contributed by atoms with Gasteiger partial charge in [-0.25, -0.2) is 18.4 Å². The van der Waals surface area contributed by atoms with Gasteiger partial charge in [-0.3, -0.25) is 0 Å². The van der Waals surface area contributed by atoms with Gasteiger partial charge >= 0.3 is 0 Å². The van der Waals surface area contributed by atoms with Crippen molar-refractivity contribution < 1.29 is 13.2 Å². The van der Waals surface area contributed by atoms with E-state index in [1.807, 2.05) is 36.5 Å². The molecule has 2 atom stereocenters. The van der Waals surface area contributed by atoms with E-state index in [2.05, 4.69) is 4.98 Å². The first kappa shape index (κ1) is 18.3. The summed E-state index contributed by atoms with van der Waals surface area (Å²) in [6, 6.07) is 16.2. The third-order valence-corrected chi connectivity index (χ3v) is 7.77. The van der Waals surface area contributed by atoms with E-state index >= 15 is 0 Å². The summed E-state index contributed by atoms with van der Waals surface area (Å²) in [4.78, 5) is 9.62. The zero-order chi connectivity index (χ0) is 20.0. The summed E-state index contributed by atoms with van der Waals surface area (Å²) in [7, 11) is -2.04. The van der Waals surface area contributed by atoms with Crippen molar-refractivity contribution in [1.82, 2.24) is 14.3 Å². The van der Waals surface area contributed by atoms with Gasteiger partial charge in [-0.15, -0.1) is 0 Å². The fourth-order valence-corrected chi connectivity index (χ4v) is 6.24. The number of hydrogen-bond acceptors (Lipinski definition) is 5. The van der Waals surface area contributed by atoms with Gasteiger partial charge in [0.1, 0.15) is 5.75 Å². The van der Waals surface area contributed by atoms with Crippen LogP contribution in [0.3, 0.4) is 0 Å². The van der Waals surface area contributed by atoms with E-state index in [0.717, 1.165) is 29.7 Å². The average Bonchev–Trinajstić information content (AvgIpc) is 3.10. The number of fused-ring (bicyclic) bond motifs is 4. The molecule has 2 aliphatic heterocycles. The molecule has 0 N–H and O–H groups in total. The maximum atomic E-state index is 13.4. The first-order valence-corrected chi connectivity index (χ1v) is 11.1. The Morgan fingerprint density at radius 3 is 2.52 bits per heavy atom. The smallest absolute Gasteiger partial charge is 0.243 e. The molecule has 3 heterocycles. The predicted molar refractivity (Wildman–Crippen MR) is 109 cm³/mol. The molecule has 1 aromatic heterocycles. The Morgan fingerprint density at radius 2 is 1.79 bits per heavy atom. The molecule has 2 aromatic carbocycles. The van der Waals surface area contributed by atoms with Crippen molar-refractivity contribution in [2.45, 2.75) is 36.2 Å². The SMILES string of the molecule is COc1ccc(S(=O)(=O)N2C3CCC2c2cnc(-c4ccccc4)nc2C3)cc1. The number of benzene rings is 2. The monoisotopic (exact) mass is 407 g/mol. The molecule has 2 bridgehead atoms. The van der Waals surface area contributed by atoms with Gasteiger partial charge in [0.05, 0.1) is 23.7 Å². The molecule has 0 radical (unpaired) electrons. The highest BCUT2D eigenvalue weighted by atomic mass is 32.2. The summed E-state index contributed by atoms with van der Waals surface area (Å²) in [5.74, 6) is 1.33. The summed E-state index contributed by atoms with van der Waals surface area (Å²) in [5, 5.41) is 0. The first-order valence-electron chi connectivity index (χ1n) is 9.67. The predicted octanol–water partition coefficient (Wildman–Crippen LogP) is 3.60. The lowest BCUT2D eigenvalue weighted by Crippen LogP contribution is -2.42.